The third kappa shape index (κ3) is 4.58. The van der Waals surface area contributed by atoms with Crippen LogP contribution in [0.15, 0.2) is 42.5 Å². The smallest absolute Gasteiger partial charge is 0.254 e. The van der Waals surface area contributed by atoms with Gasteiger partial charge < -0.3 is 9.64 Å². The zero-order valence-electron chi connectivity index (χ0n) is 14.8. The maximum absolute atomic E-state index is 13.3. The van der Waals surface area contributed by atoms with Gasteiger partial charge in [-0.1, -0.05) is 17.7 Å². The van der Waals surface area contributed by atoms with Crippen molar-refractivity contribution in [3.05, 3.63) is 65.2 Å². The van der Waals surface area contributed by atoms with E-state index in [1.54, 1.807) is 4.90 Å². The minimum Gasteiger partial charge on any atom is -0.492 e. The van der Waals surface area contributed by atoms with Crippen LogP contribution in [0.1, 0.15) is 15.9 Å². The SMILES string of the molecule is Cc1ccc(OCCN2CCN(C(=O)c3ccc(F)c(F)c3)CC2)cc1. The number of halogens is 2. The van der Waals surface area contributed by atoms with E-state index >= 15 is 0 Å². The van der Waals surface area contributed by atoms with Crippen LogP contribution in [0.4, 0.5) is 8.78 Å². The van der Waals surface area contributed by atoms with Gasteiger partial charge in [-0.25, -0.2) is 8.78 Å². The lowest BCUT2D eigenvalue weighted by Crippen LogP contribution is -2.49. The Labute approximate surface area is 152 Å². The van der Waals surface area contributed by atoms with E-state index in [-0.39, 0.29) is 11.5 Å². The summed E-state index contributed by atoms with van der Waals surface area (Å²) in [6.07, 6.45) is 0. The van der Waals surface area contributed by atoms with Crippen LogP contribution in [0.25, 0.3) is 0 Å². The molecule has 4 nitrogen and oxygen atoms in total. The first-order chi connectivity index (χ1) is 12.5. The molecule has 0 N–H and O–H groups in total. The van der Waals surface area contributed by atoms with E-state index in [1.807, 2.05) is 31.2 Å². The topological polar surface area (TPSA) is 32.8 Å². The van der Waals surface area contributed by atoms with E-state index in [0.29, 0.717) is 19.7 Å². The van der Waals surface area contributed by atoms with Gasteiger partial charge in [-0.2, -0.15) is 0 Å². The second-order valence-electron chi connectivity index (χ2n) is 6.42. The van der Waals surface area contributed by atoms with Crippen molar-refractivity contribution >= 4 is 5.91 Å². The van der Waals surface area contributed by atoms with Crippen LogP contribution in [0.3, 0.4) is 0 Å². The van der Waals surface area contributed by atoms with Crippen LogP contribution in [0.5, 0.6) is 5.75 Å². The van der Waals surface area contributed by atoms with Gasteiger partial charge in [0.05, 0.1) is 0 Å². The average molecular weight is 360 g/mol. The van der Waals surface area contributed by atoms with Crippen molar-refractivity contribution in [2.75, 3.05) is 39.3 Å². The van der Waals surface area contributed by atoms with Gasteiger partial charge in [-0.05, 0) is 37.3 Å². The molecule has 138 valence electrons. The molecule has 0 spiro atoms. The third-order valence-electron chi connectivity index (χ3n) is 4.52. The van der Waals surface area contributed by atoms with E-state index in [4.69, 9.17) is 4.74 Å². The molecule has 6 heteroatoms. The minimum absolute atomic E-state index is 0.181. The maximum atomic E-state index is 13.3. The molecule has 2 aromatic rings. The number of aryl methyl sites for hydroxylation is 1. The highest BCUT2D eigenvalue weighted by atomic mass is 19.2. The Morgan fingerprint density at radius 1 is 1.00 bits per heavy atom. The van der Waals surface area contributed by atoms with Crippen LogP contribution >= 0.6 is 0 Å². The number of amides is 1. The molecule has 1 saturated heterocycles. The van der Waals surface area contributed by atoms with E-state index in [0.717, 1.165) is 37.5 Å². The number of hydrogen-bond acceptors (Lipinski definition) is 3. The van der Waals surface area contributed by atoms with Gasteiger partial charge >= 0.3 is 0 Å². The quantitative estimate of drug-likeness (QED) is 0.821. The molecule has 0 atom stereocenters. The zero-order chi connectivity index (χ0) is 18.5. The van der Waals surface area contributed by atoms with Crippen LogP contribution in [-0.2, 0) is 0 Å². The molecule has 0 radical (unpaired) electrons. The Balaban J connectivity index is 1.44. The third-order valence-corrected chi connectivity index (χ3v) is 4.52. The van der Waals surface area contributed by atoms with E-state index in [1.165, 1.54) is 11.6 Å². The van der Waals surface area contributed by atoms with Crippen molar-refractivity contribution in [3.63, 3.8) is 0 Å². The Hall–Kier alpha value is -2.47. The number of ether oxygens (including phenoxy) is 1. The highest BCUT2D eigenvalue weighted by molar-refractivity contribution is 5.94. The lowest BCUT2D eigenvalue weighted by molar-refractivity contribution is 0.0619. The van der Waals surface area contributed by atoms with Crippen molar-refractivity contribution in [3.8, 4) is 5.75 Å². The fourth-order valence-corrected chi connectivity index (χ4v) is 2.91. The Morgan fingerprint density at radius 2 is 1.69 bits per heavy atom. The number of carbonyl (C=O) groups is 1. The van der Waals surface area contributed by atoms with Crippen molar-refractivity contribution < 1.29 is 18.3 Å². The Kier molecular flexibility index (Phi) is 5.83. The van der Waals surface area contributed by atoms with E-state index < -0.39 is 11.6 Å². The predicted molar refractivity (Wildman–Crippen MR) is 95.4 cm³/mol. The molecule has 26 heavy (non-hydrogen) atoms. The molecule has 0 bridgehead atoms. The molecule has 0 aliphatic carbocycles. The molecule has 1 fully saturated rings. The average Bonchev–Trinajstić information content (AvgIpc) is 2.65. The molecule has 1 amide bonds. The first kappa shape index (κ1) is 18.3. The van der Waals surface area contributed by atoms with Gasteiger partial charge in [0, 0.05) is 38.3 Å². The molecular formula is C20H22F2N2O2. The number of rotatable bonds is 5. The van der Waals surface area contributed by atoms with Crippen LogP contribution in [0.2, 0.25) is 0 Å². The number of nitrogens with zero attached hydrogens (tertiary/aromatic N) is 2. The summed E-state index contributed by atoms with van der Waals surface area (Å²) in [6, 6.07) is 11.2. The summed E-state index contributed by atoms with van der Waals surface area (Å²) in [5, 5.41) is 0. The maximum Gasteiger partial charge on any atom is 0.254 e. The summed E-state index contributed by atoms with van der Waals surface area (Å²) in [5.74, 6) is -1.36. The van der Waals surface area contributed by atoms with Gasteiger partial charge in [0.15, 0.2) is 11.6 Å². The summed E-state index contributed by atoms with van der Waals surface area (Å²) in [7, 11) is 0. The highest BCUT2D eigenvalue weighted by Gasteiger charge is 2.22. The van der Waals surface area contributed by atoms with Gasteiger partial charge in [0.2, 0.25) is 0 Å². The number of carbonyl (C=O) groups excluding carboxylic acids is 1. The van der Waals surface area contributed by atoms with Crippen molar-refractivity contribution in [1.82, 2.24) is 9.80 Å². The molecular weight excluding hydrogens is 338 g/mol. The predicted octanol–water partition coefficient (Wildman–Crippen LogP) is 3.11. The monoisotopic (exact) mass is 360 g/mol. The first-order valence-corrected chi connectivity index (χ1v) is 8.69. The minimum atomic E-state index is -0.997. The second-order valence-corrected chi connectivity index (χ2v) is 6.42. The highest BCUT2D eigenvalue weighted by Crippen LogP contribution is 2.14. The summed E-state index contributed by atoms with van der Waals surface area (Å²) >= 11 is 0. The molecule has 3 rings (SSSR count). The molecule has 1 aliphatic heterocycles. The molecule has 0 unspecified atom stereocenters. The summed E-state index contributed by atoms with van der Waals surface area (Å²) in [6.45, 7) is 5.97. The molecule has 1 heterocycles. The molecule has 0 saturated carbocycles. The summed E-state index contributed by atoms with van der Waals surface area (Å²) in [5.41, 5.74) is 1.37. The molecule has 0 aromatic heterocycles. The van der Waals surface area contributed by atoms with Gasteiger partial charge in [0.1, 0.15) is 12.4 Å². The fourth-order valence-electron chi connectivity index (χ4n) is 2.91. The van der Waals surface area contributed by atoms with Crippen molar-refractivity contribution in [2.45, 2.75) is 6.92 Å². The number of hydrogen-bond donors (Lipinski definition) is 0. The van der Waals surface area contributed by atoms with E-state index in [9.17, 15) is 13.6 Å². The number of piperazine rings is 1. The Morgan fingerprint density at radius 3 is 2.35 bits per heavy atom. The van der Waals surface area contributed by atoms with E-state index in [2.05, 4.69) is 4.90 Å². The standard InChI is InChI=1S/C20H22F2N2O2/c1-15-2-5-17(6-3-15)26-13-12-23-8-10-24(11-9-23)20(25)16-4-7-18(21)19(22)14-16/h2-7,14H,8-13H2,1H3. The Bertz CT molecular complexity index is 757. The van der Waals surface area contributed by atoms with Crippen molar-refractivity contribution in [1.29, 1.82) is 0 Å². The largest absolute Gasteiger partial charge is 0.492 e. The summed E-state index contributed by atoms with van der Waals surface area (Å²) in [4.78, 5) is 16.3. The van der Waals surface area contributed by atoms with Crippen molar-refractivity contribution in [2.24, 2.45) is 0 Å². The normalized spacial score (nSPS) is 15.1. The fraction of sp³-hybridized carbons (Fsp3) is 0.350. The first-order valence-electron chi connectivity index (χ1n) is 8.69. The second kappa shape index (κ2) is 8.27. The molecule has 1 aliphatic rings. The lowest BCUT2D eigenvalue weighted by Gasteiger charge is -2.34. The van der Waals surface area contributed by atoms with Gasteiger partial charge in [-0.3, -0.25) is 9.69 Å². The number of benzene rings is 2. The van der Waals surface area contributed by atoms with Crippen LogP contribution in [0, 0.1) is 18.6 Å². The van der Waals surface area contributed by atoms with Gasteiger partial charge in [-0.15, -0.1) is 0 Å². The zero-order valence-corrected chi connectivity index (χ0v) is 14.8. The summed E-state index contributed by atoms with van der Waals surface area (Å²) < 4.78 is 32.0. The molecule has 2 aromatic carbocycles. The van der Waals surface area contributed by atoms with Crippen LogP contribution in [-0.4, -0.2) is 55.0 Å². The van der Waals surface area contributed by atoms with Crippen LogP contribution < -0.4 is 4.74 Å². The lowest BCUT2D eigenvalue weighted by atomic mass is 10.1. The van der Waals surface area contributed by atoms with Gasteiger partial charge in [0.25, 0.3) is 5.91 Å².